The summed E-state index contributed by atoms with van der Waals surface area (Å²) in [6, 6.07) is 0. The molecule has 150 valence electrons. The Labute approximate surface area is 164 Å². The molecule has 0 aromatic carbocycles. The third-order valence-electron chi connectivity index (χ3n) is 3.71. The Hall–Kier alpha value is -3.21. The smallest absolute Gasteiger partial charge is 0.341 e. The molecule has 4 N–H and O–H groups in total. The number of carboxylic acid groups (broad SMARTS) is 1. The van der Waals surface area contributed by atoms with Crippen molar-refractivity contribution in [3.8, 4) is 0 Å². The highest BCUT2D eigenvalue weighted by Crippen LogP contribution is 2.33. The number of primary amides is 1. The number of anilines is 1. The van der Waals surface area contributed by atoms with Gasteiger partial charge in [-0.1, -0.05) is 6.92 Å². The molecule has 0 aliphatic rings. The van der Waals surface area contributed by atoms with Crippen LogP contribution in [0.5, 0.6) is 0 Å². The van der Waals surface area contributed by atoms with Gasteiger partial charge in [0.15, 0.2) is 0 Å². The van der Waals surface area contributed by atoms with Crippen LogP contribution in [0.1, 0.15) is 55.7 Å². The molecule has 0 aliphatic heterocycles. The van der Waals surface area contributed by atoms with Crippen LogP contribution >= 0.6 is 11.3 Å². The molecule has 2 aromatic heterocycles. The summed E-state index contributed by atoms with van der Waals surface area (Å²) in [7, 11) is 0. The van der Waals surface area contributed by atoms with Crippen molar-refractivity contribution in [3.63, 3.8) is 0 Å². The molecule has 0 radical (unpaired) electrons. The summed E-state index contributed by atoms with van der Waals surface area (Å²) in [5.41, 5.74) is 5.81. The van der Waals surface area contributed by atoms with Crippen molar-refractivity contribution in [1.29, 1.82) is 0 Å². The molecule has 10 nitrogen and oxygen atoms in total. The zero-order valence-corrected chi connectivity index (χ0v) is 16.2. The molecular weight excluding hydrogens is 388 g/mol. The molecule has 0 atom stereocenters. The van der Waals surface area contributed by atoms with Crippen molar-refractivity contribution in [2.24, 2.45) is 5.73 Å². The maximum atomic E-state index is 12.3. The summed E-state index contributed by atoms with van der Waals surface area (Å²) in [5, 5.41) is 15.5. The third kappa shape index (κ3) is 4.94. The lowest BCUT2D eigenvalue weighted by atomic mass is 10.1. The van der Waals surface area contributed by atoms with E-state index in [9.17, 15) is 19.2 Å². The van der Waals surface area contributed by atoms with Crippen LogP contribution in [-0.2, 0) is 16.1 Å². The number of thiophene rings is 1. The lowest BCUT2D eigenvalue weighted by Gasteiger charge is -2.08. The fourth-order valence-electron chi connectivity index (χ4n) is 2.35. The fraction of sp³-hybridized carbons (Fsp3) is 0.353. The van der Waals surface area contributed by atoms with E-state index in [2.05, 4.69) is 10.4 Å². The largest absolute Gasteiger partial charge is 0.478 e. The molecular formula is C17H20N4O6S. The van der Waals surface area contributed by atoms with Crippen molar-refractivity contribution in [2.45, 2.75) is 33.2 Å². The number of rotatable bonds is 9. The van der Waals surface area contributed by atoms with E-state index in [1.807, 2.05) is 6.92 Å². The number of hydrogen-bond acceptors (Lipinski definition) is 7. The Kier molecular flexibility index (Phi) is 6.88. The van der Waals surface area contributed by atoms with Crippen LogP contribution in [0.4, 0.5) is 5.00 Å². The second kappa shape index (κ2) is 9.13. The summed E-state index contributed by atoms with van der Waals surface area (Å²) in [5.74, 6) is -2.89. The van der Waals surface area contributed by atoms with Crippen LogP contribution in [0, 0.1) is 6.92 Å². The molecule has 0 unspecified atom stereocenters. The lowest BCUT2D eigenvalue weighted by Crippen LogP contribution is -2.17. The van der Waals surface area contributed by atoms with Crippen molar-refractivity contribution in [1.82, 2.24) is 9.78 Å². The van der Waals surface area contributed by atoms with Gasteiger partial charge in [-0.25, -0.2) is 9.59 Å². The van der Waals surface area contributed by atoms with Gasteiger partial charge < -0.3 is 20.9 Å². The van der Waals surface area contributed by atoms with E-state index >= 15 is 0 Å². The fourth-order valence-corrected chi connectivity index (χ4v) is 3.41. The maximum absolute atomic E-state index is 12.3. The van der Waals surface area contributed by atoms with Crippen molar-refractivity contribution in [2.75, 3.05) is 11.9 Å². The third-order valence-corrected chi connectivity index (χ3v) is 4.93. The molecule has 0 fully saturated rings. The summed E-state index contributed by atoms with van der Waals surface area (Å²) in [6.45, 7) is 3.75. The lowest BCUT2D eigenvalue weighted by molar-refractivity contribution is -0.116. The Morgan fingerprint density at radius 1 is 1.36 bits per heavy atom. The number of amides is 2. The van der Waals surface area contributed by atoms with Gasteiger partial charge in [-0.3, -0.25) is 14.3 Å². The second-order valence-corrected chi connectivity index (χ2v) is 6.88. The molecule has 0 aliphatic carbocycles. The number of aryl methyl sites for hydroxylation is 1. The molecule has 28 heavy (non-hydrogen) atoms. The van der Waals surface area contributed by atoms with Crippen molar-refractivity contribution in [3.05, 3.63) is 34.0 Å². The van der Waals surface area contributed by atoms with Crippen LogP contribution in [-0.4, -0.2) is 45.2 Å². The van der Waals surface area contributed by atoms with E-state index < -0.39 is 23.8 Å². The Bertz CT molecular complexity index is 917. The van der Waals surface area contributed by atoms with Gasteiger partial charge in [-0.05, 0) is 18.9 Å². The van der Waals surface area contributed by atoms with E-state index in [0.29, 0.717) is 12.0 Å². The summed E-state index contributed by atoms with van der Waals surface area (Å²) >= 11 is 0.907. The highest BCUT2D eigenvalue weighted by molar-refractivity contribution is 7.18. The van der Waals surface area contributed by atoms with Gasteiger partial charge in [0.1, 0.15) is 5.00 Å². The first-order valence-corrected chi connectivity index (χ1v) is 9.22. The maximum Gasteiger partial charge on any atom is 0.341 e. The molecule has 0 saturated carbocycles. The molecule has 2 amide bonds. The van der Waals surface area contributed by atoms with Crippen molar-refractivity contribution >= 4 is 40.1 Å². The zero-order valence-electron chi connectivity index (χ0n) is 15.4. The molecule has 0 spiro atoms. The zero-order chi connectivity index (χ0) is 20.8. The number of nitrogens with one attached hydrogen (secondary N) is 1. The first-order valence-electron chi connectivity index (χ1n) is 8.40. The average Bonchev–Trinajstić information content (AvgIpc) is 3.23. The molecule has 2 rings (SSSR count). The molecule has 0 bridgehead atoms. The Morgan fingerprint density at radius 3 is 2.64 bits per heavy atom. The average molecular weight is 408 g/mol. The normalized spacial score (nSPS) is 10.5. The van der Waals surface area contributed by atoms with Gasteiger partial charge in [0, 0.05) is 19.2 Å². The predicted molar refractivity (Wildman–Crippen MR) is 101 cm³/mol. The number of carbonyl (C=O) groups is 4. The number of nitrogens with zero attached hydrogens (tertiary/aromatic N) is 2. The minimum Gasteiger partial charge on any atom is -0.478 e. The first-order chi connectivity index (χ1) is 13.2. The number of esters is 1. The highest BCUT2D eigenvalue weighted by Gasteiger charge is 2.25. The van der Waals surface area contributed by atoms with E-state index in [4.69, 9.17) is 15.6 Å². The van der Waals surface area contributed by atoms with Crippen LogP contribution in [0.2, 0.25) is 0 Å². The van der Waals surface area contributed by atoms with Crippen LogP contribution in [0.15, 0.2) is 12.4 Å². The number of ether oxygens (including phenoxy) is 1. The SMILES string of the molecule is CCCOC(=O)c1c(NC(=O)CCn2cc(C(=O)O)cn2)sc(C(N)=O)c1C. The highest BCUT2D eigenvalue weighted by atomic mass is 32.1. The summed E-state index contributed by atoms with van der Waals surface area (Å²) < 4.78 is 6.45. The topological polar surface area (TPSA) is 154 Å². The predicted octanol–water partition coefficient (Wildman–Crippen LogP) is 1.65. The number of aromatic carboxylic acids is 1. The minimum atomic E-state index is -1.11. The molecule has 11 heteroatoms. The number of carbonyl (C=O) groups excluding carboxylic acids is 3. The molecule has 0 saturated heterocycles. The van der Waals surface area contributed by atoms with E-state index in [1.54, 1.807) is 6.92 Å². The molecule has 2 heterocycles. The van der Waals surface area contributed by atoms with Crippen LogP contribution in [0.3, 0.4) is 0 Å². The van der Waals surface area contributed by atoms with Gasteiger partial charge in [-0.15, -0.1) is 11.3 Å². The van der Waals surface area contributed by atoms with E-state index in [0.717, 1.165) is 11.3 Å². The number of nitrogens with two attached hydrogens (primary N) is 1. The monoisotopic (exact) mass is 408 g/mol. The Balaban J connectivity index is 2.13. The van der Waals surface area contributed by atoms with Gasteiger partial charge in [-0.2, -0.15) is 5.10 Å². The second-order valence-electron chi connectivity index (χ2n) is 5.86. The Morgan fingerprint density at radius 2 is 2.07 bits per heavy atom. The first kappa shape index (κ1) is 21.1. The van der Waals surface area contributed by atoms with Gasteiger partial charge in [0.2, 0.25) is 5.91 Å². The molecule has 2 aromatic rings. The summed E-state index contributed by atoms with van der Waals surface area (Å²) in [4.78, 5) is 47.2. The summed E-state index contributed by atoms with van der Waals surface area (Å²) in [6.07, 6.45) is 3.10. The number of carboxylic acids is 1. The van der Waals surface area contributed by atoms with E-state index in [1.165, 1.54) is 17.1 Å². The minimum absolute atomic E-state index is 0.0151. The van der Waals surface area contributed by atoms with Gasteiger partial charge >= 0.3 is 11.9 Å². The number of aromatic nitrogens is 2. The van der Waals surface area contributed by atoms with E-state index in [-0.39, 0.29) is 40.6 Å². The van der Waals surface area contributed by atoms with Gasteiger partial charge in [0.05, 0.1) is 28.8 Å². The van der Waals surface area contributed by atoms with Crippen LogP contribution < -0.4 is 11.1 Å². The van der Waals surface area contributed by atoms with Crippen molar-refractivity contribution < 1.29 is 29.0 Å². The quantitative estimate of drug-likeness (QED) is 0.533. The van der Waals surface area contributed by atoms with Gasteiger partial charge in [0.25, 0.3) is 5.91 Å². The number of hydrogen-bond donors (Lipinski definition) is 3. The van der Waals surface area contributed by atoms with Crippen LogP contribution in [0.25, 0.3) is 0 Å². The standard InChI is InChI=1S/C17H20N4O6S/c1-3-6-27-17(26)12-9(2)13(14(18)23)28-15(12)20-11(22)4-5-21-8-10(7-19-21)16(24)25/h7-8H,3-6H2,1-2H3,(H2,18,23)(H,20,22)(H,24,25).